The molecule has 0 heterocycles. The smallest absolute Gasteiger partial charge is 0.332 e. The normalized spacial score (nSPS) is 12.9. The van der Waals surface area contributed by atoms with Crippen LogP contribution in [0.4, 0.5) is 0 Å². The molecule has 0 aliphatic heterocycles. The molecule has 0 saturated carbocycles. The molecule has 3 nitrogen and oxygen atoms in total. The fourth-order valence-corrected chi connectivity index (χ4v) is 2.21. The lowest BCUT2D eigenvalue weighted by Gasteiger charge is -2.09. The minimum absolute atomic E-state index is 0.624. The summed E-state index contributed by atoms with van der Waals surface area (Å²) >= 11 is 0. The van der Waals surface area contributed by atoms with Crippen LogP contribution in [0.2, 0.25) is 0 Å². The molecule has 0 saturated heterocycles. The van der Waals surface area contributed by atoms with Crippen molar-refractivity contribution < 1.29 is 14.6 Å². The molecule has 3 heteroatoms. The number of allylic oxidation sites excluding steroid dienone is 2. The average molecular weight is 284 g/mol. The number of hydrogen-bond acceptors (Lipinski definition) is 2. The largest absolute Gasteiger partial charge is 0.479 e. The zero-order valence-electron chi connectivity index (χ0n) is 13.3. The maximum atomic E-state index is 10.7. The number of unbranched alkanes of at least 4 members (excludes halogenated alkanes) is 8. The SMILES string of the molecule is CCCCCCC=CCCCCCCC(OC)C(=O)O. The summed E-state index contributed by atoms with van der Waals surface area (Å²) in [5, 5.41) is 8.82. The van der Waals surface area contributed by atoms with Crippen LogP contribution in [0, 0.1) is 0 Å². The number of carboxylic acids is 1. The van der Waals surface area contributed by atoms with E-state index in [1.807, 2.05) is 0 Å². The molecule has 0 aromatic rings. The van der Waals surface area contributed by atoms with Gasteiger partial charge in [0, 0.05) is 7.11 Å². The van der Waals surface area contributed by atoms with Gasteiger partial charge in [-0.15, -0.1) is 0 Å². The highest BCUT2D eigenvalue weighted by Crippen LogP contribution is 2.10. The van der Waals surface area contributed by atoms with Crippen LogP contribution in [-0.4, -0.2) is 24.3 Å². The van der Waals surface area contributed by atoms with Gasteiger partial charge in [-0.2, -0.15) is 0 Å². The van der Waals surface area contributed by atoms with Crippen molar-refractivity contribution >= 4 is 5.97 Å². The lowest BCUT2D eigenvalue weighted by molar-refractivity contribution is -0.148. The molecular weight excluding hydrogens is 252 g/mol. The molecule has 1 atom stereocenters. The summed E-state index contributed by atoms with van der Waals surface area (Å²) in [6.45, 7) is 2.24. The standard InChI is InChI=1S/C17H32O3/c1-3-4-5-6-7-8-9-10-11-12-13-14-15-16(20-2)17(18)19/h8-9,16H,3-7,10-15H2,1-2H3,(H,18,19). The summed E-state index contributed by atoms with van der Waals surface area (Å²) in [4.78, 5) is 10.7. The molecule has 0 aliphatic carbocycles. The second kappa shape index (κ2) is 14.6. The highest BCUT2D eigenvalue weighted by atomic mass is 16.5. The summed E-state index contributed by atoms with van der Waals surface area (Å²) in [5.74, 6) is -0.849. The molecule has 1 unspecified atom stereocenters. The Hall–Kier alpha value is -0.830. The molecule has 0 rings (SSSR count). The molecule has 0 radical (unpaired) electrons. The maximum Gasteiger partial charge on any atom is 0.332 e. The van der Waals surface area contributed by atoms with E-state index in [0.29, 0.717) is 6.42 Å². The van der Waals surface area contributed by atoms with Crippen LogP contribution in [0.3, 0.4) is 0 Å². The molecule has 0 aromatic heterocycles. The number of carbonyl (C=O) groups is 1. The second-order valence-electron chi connectivity index (χ2n) is 5.37. The van der Waals surface area contributed by atoms with Crippen molar-refractivity contribution in [3.8, 4) is 0 Å². The number of hydrogen-bond donors (Lipinski definition) is 1. The summed E-state index contributed by atoms with van der Waals surface area (Å²) in [6.07, 6.45) is 16.7. The van der Waals surface area contributed by atoms with Crippen molar-refractivity contribution in [2.45, 2.75) is 83.7 Å². The maximum absolute atomic E-state index is 10.7. The van der Waals surface area contributed by atoms with E-state index >= 15 is 0 Å². The quantitative estimate of drug-likeness (QED) is 0.362. The Labute approximate surface area is 124 Å². The van der Waals surface area contributed by atoms with Gasteiger partial charge in [0.05, 0.1) is 0 Å². The first-order valence-electron chi connectivity index (χ1n) is 8.13. The summed E-state index contributed by atoms with van der Waals surface area (Å²) in [5.41, 5.74) is 0. The van der Waals surface area contributed by atoms with Gasteiger partial charge in [-0.1, -0.05) is 57.6 Å². The number of aliphatic carboxylic acids is 1. The molecule has 0 fully saturated rings. The van der Waals surface area contributed by atoms with Gasteiger partial charge < -0.3 is 9.84 Å². The third-order valence-corrected chi connectivity index (χ3v) is 3.54. The molecule has 0 amide bonds. The van der Waals surface area contributed by atoms with Crippen molar-refractivity contribution in [1.29, 1.82) is 0 Å². The van der Waals surface area contributed by atoms with E-state index in [1.54, 1.807) is 0 Å². The summed E-state index contributed by atoms with van der Waals surface area (Å²) < 4.78 is 4.90. The van der Waals surface area contributed by atoms with Crippen LogP contribution in [0.25, 0.3) is 0 Å². The minimum atomic E-state index is -0.849. The van der Waals surface area contributed by atoms with Crippen molar-refractivity contribution in [2.75, 3.05) is 7.11 Å². The van der Waals surface area contributed by atoms with E-state index in [9.17, 15) is 4.79 Å². The molecule has 0 bridgehead atoms. The minimum Gasteiger partial charge on any atom is -0.479 e. The molecule has 0 aliphatic rings. The van der Waals surface area contributed by atoms with Crippen LogP contribution in [0.1, 0.15) is 77.6 Å². The molecule has 1 N–H and O–H groups in total. The van der Waals surface area contributed by atoms with E-state index in [1.165, 1.54) is 52.1 Å². The van der Waals surface area contributed by atoms with Crippen LogP contribution in [-0.2, 0) is 9.53 Å². The Bertz CT molecular complexity index is 249. The van der Waals surface area contributed by atoms with Crippen molar-refractivity contribution in [3.05, 3.63) is 12.2 Å². The zero-order chi connectivity index (χ0) is 15.1. The summed E-state index contributed by atoms with van der Waals surface area (Å²) in [7, 11) is 1.46. The van der Waals surface area contributed by atoms with Crippen molar-refractivity contribution in [1.82, 2.24) is 0 Å². The molecule has 20 heavy (non-hydrogen) atoms. The topological polar surface area (TPSA) is 46.5 Å². The zero-order valence-corrected chi connectivity index (χ0v) is 13.3. The van der Waals surface area contributed by atoms with Gasteiger partial charge in [0.2, 0.25) is 0 Å². The molecule has 0 spiro atoms. The van der Waals surface area contributed by atoms with Gasteiger partial charge in [0.15, 0.2) is 6.10 Å². The van der Waals surface area contributed by atoms with Crippen LogP contribution >= 0.6 is 0 Å². The van der Waals surface area contributed by atoms with Gasteiger partial charge in [-0.05, 0) is 32.1 Å². The van der Waals surface area contributed by atoms with Gasteiger partial charge in [0.1, 0.15) is 0 Å². The molecular formula is C17H32O3. The second-order valence-corrected chi connectivity index (χ2v) is 5.37. The Morgan fingerprint density at radius 3 is 2.05 bits per heavy atom. The van der Waals surface area contributed by atoms with E-state index < -0.39 is 12.1 Å². The van der Waals surface area contributed by atoms with Crippen molar-refractivity contribution in [3.63, 3.8) is 0 Å². The highest BCUT2D eigenvalue weighted by Gasteiger charge is 2.14. The van der Waals surface area contributed by atoms with E-state index in [0.717, 1.165) is 19.3 Å². The Balaban J connectivity index is 3.27. The lowest BCUT2D eigenvalue weighted by atomic mass is 10.1. The summed E-state index contributed by atoms with van der Waals surface area (Å²) in [6, 6.07) is 0. The number of carboxylic acid groups (broad SMARTS) is 1. The molecule has 118 valence electrons. The van der Waals surface area contributed by atoms with E-state index in [2.05, 4.69) is 19.1 Å². The first kappa shape index (κ1) is 19.2. The fraction of sp³-hybridized carbons (Fsp3) is 0.824. The van der Waals surface area contributed by atoms with Crippen LogP contribution < -0.4 is 0 Å². The van der Waals surface area contributed by atoms with Gasteiger partial charge >= 0.3 is 5.97 Å². The van der Waals surface area contributed by atoms with Crippen LogP contribution in [0.15, 0.2) is 12.2 Å². The first-order valence-corrected chi connectivity index (χ1v) is 8.13. The van der Waals surface area contributed by atoms with Crippen LogP contribution in [0.5, 0.6) is 0 Å². The fourth-order valence-electron chi connectivity index (χ4n) is 2.21. The third kappa shape index (κ3) is 12.2. The average Bonchev–Trinajstić information content (AvgIpc) is 2.43. The van der Waals surface area contributed by atoms with Crippen molar-refractivity contribution in [2.24, 2.45) is 0 Å². The Kier molecular flexibility index (Phi) is 14.0. The monoisotopic (exact) mass is 284 g/mol. The number of ether oxygens (including phenoxy) is 1. The van der Waals surface area contributed by atoms with E-state index in [4.69, 9.17) is 9.84 Å². The predicted octanol–water partition coefficient (Wildman–Crippen LogP) is 4.95. The van der Waals surface area contributed by atoms with E-state index in [-0.39, 0.29) is 0 Å². The third-order valence-electron chi connectivity index (χ3n) is 3.54. The first-order chi connectivity index (χ1) is 9.72. The van der Waals surface area contributed by atoms with Gasteiger partial charge in [-0.25, -0.2) is 4.79 Å². The van der Waals surface area contributed by atoms with Gasteiger partial charge in [0.25, 0.3) is 0 Å². The Morgan fingerprint density at radius 1 is 1.00 bits per heavy atom. The number of rotatable bonds is 14. The lowest BCUT2D eigenvalue weighted by Crippen LogP contribution is -2.21. The Morgan fingerprint density at radius 2 is 1.55 bits per heavy atom. The van der Waals surface area contributed by atoms with Gasteiger partial charge in [-0.3, -0.25) is 0 Å². The molecule has 0 aromatic carbocycles. The highest BCUT2D eigenvalue weighted by molar-refractivity contribution is 5.72. The number of methoxy groups -OCH3 is 1. The predicted molar refractivity (Wildman–Crippen MR) is 84.0 cm³/mol.